The average Bonchev–Trinajstić information content (AvgIpc) is 3.12. The van der Waals surface area contributed by atoms with Gasteiger partial charge in [-0.2, -0.15) is 0 Å². The molecule has 2 aromatic heterocycles. The first-order valence-corrected chi connectivity index (χ1v) is 8.78. The molecule has 2 aromatic carbocycles. The highest BCUT2D eigenvalue weighted by atomic mass is 35.5. The van der Waals surface area contributed by atoms with Crippen LogP contribution in [0.3, 0.4) is 0 Å². The second kappa shape index (κ2) is 6.59. The highest BCUT2D eigenvalue weighted by Gasteiger charge is 2.20. The van der Waals surface area contributed by atoms with E-state index in [0.29, 0.717) is 39.8 Å². The summed E-state index contributed by atoms with van der Waals surface area (Å²) >= 11 is 6.22. The van der Waals surface area contributed by atoms with E-state index < -0.39 is 0 Å². The molecule has 8 heteroatoms. The predicted molar refractivity (Wildman–Crippen MR) is 104 cm³/mol. The summed E-state index contributed by atoms with van der Waals surface area (Å²) in [5.74, 6) is 2.02. The summed E-state index contributed by atoms with van der Waals surface area (Å²) in [5, 5.41) is 9.48. The number of halogens is 1. The minimum Gasteiger partial charge on any atom is -0.495 e. The second-order valence-electron chi connectivity index (χ2n) is 5.92. The SMILES string of the molecule is CCc1nnc2n(-c3cc(OC)c(Cl)cc3OC)c(=O)c3ccccc3n12. The third-order valence-corrected chi connectivity index (χ3v) is 4.80. The lowest BCUT2D eigenvalue weighted by Gasteiger charge is -2.16. The van der Waals surface area contributed by atoms with Gasteiger partial charge in [-0.1, -0.05) is 30.7 Å². The minimum absolute atomic E-state index is 0.226. The first-order valence-electron chi connectivity index (χ1n) is 8.40. The van der Waals surface area contributed by atoms with E-state index in [-0.39, 0.29) is 5.56 Å². The van der Waals surface area contributed by atoms with Crippen molar-refractivity contribution in [1.29, 1.82) is 0 Å². The highest BCUT2D eigenvalue weighted by Crippen LogP contribution is 2.35. The molecule has 27 heavy (non-hydrogen) atoms. The van der Waals surface area contributed by atoms with E-state index in [1.807, 2.05) is 29.5 Å². The summed E-state index contributed by atoms with van der Waals surface area (Å²) in [5.41, 5.74) is 1.01. The van der Waals surface area contributed by atoms with Gasteiger partial charge in [0.15, 0.2) is 0 Å². The topological polar surface area (TPSA) is 70.7 Å². The summed E-state index contributed by atoms with van der Waals surface area (Å²) < 4.78 is 14.2. The Balaban J connectivity index is 2.22. The van der Waals surface area contributed by atoms with Crippen LogP contribution in [0.1, 0.15) is 12.7 Å². The van der Waals surface area contributed by atoms with Crippen LogP contribution in [0.15, 0.2) is 41.2 Å². The maximum atomic E-state index is 13.3. The molecule has 0 atom stereocenters. The molecule has 0 aliphatic heterocycles. The third-order valence-electron chi connectivity index (χ3n) is 4.50. The first-order chi connectivity index (χ1) is 13.1. The van der Waals surface area contributed by atoms with Gasteiger partial charge in [0.05, 0.1) is 35.8 Å². The van der Waals surface area contributed by atoms with Gasteiger partial charge in [-0.25, -0.2) is 4.57 Å². The molecule has 0 bridgehead atoms. The Bertz CT molecular complexity index is 1230. The van der Waals surface area contributed by atoms with Crippen molar-refractivity contribution in [2.75, 3.05) is 14.2 Å². The Morgan fingerprint density at radius 1 is 1.07 bits per heavy atom. The normalized spacial score (nSPS) is 11.3. The number of rotatable bonds is 4. The monoisotopic (exact) mass is 384 g/mol. The molecule has 7 nitrogen and oxygen atoms in total. The number of para-hydroxylation sites is 1. The smallest absolute Gasteiger partial charge is 0.267 e. The van der Waals surface area contributed by atoms with Gasteiger partial charge in [0.2, 0.25) is 5.78 Å². The standard InChI is InChI=1S/C19H17ClN4O3/c1-4-17-21-22-19-23(17)13-8-6-5-7-11(13)18(25)24(19)14-10-15(26-2)12(20)9-16(14)27-3/h5-10H,4H2,1-3H3. The van der Waals surface area contributed by atoms with Gasteiger partial charge >= 0.3 is 0 Å². The van der Waals surface area contributed by atoms with Crippen molar-refractivity contribution in [3.05, 3.63) is 57.6 Å². The van der Waals surface area contributed by atoms with Gasteiger partial charge in [0.25, 0.3) is 5.56 Å². The van der Waals surface area contributed by atoms with Crippen molar-refractivity contribution in [3.63, 3.8) is 0 Å². The Hall–Kier alpha value is -3.06. The lowest BCUT2D eigenvalue weighted by molar-refractivity contribution is 0.401. The number of hydrogen-bond acceptors (Lipinski definition) is 5. The predicted octanol–water partition coefficient (Wildman–Crippen LogP) is 3.27. The Morgan fingerprint density at radius 2 is 1.81 bits per heavy atom. The van der Waals surface area contributed by atoms with E-state index in [1.165, 1.54) is 18.8 Å². The fraction of sp³-hybridized carbons (Fsp3) is 0.211. The van der Waals surface area contributed by atoms with E-state index in [2.05, 4.69) is 10.2 Å². The highest BCUT2D eigenvalue weighted by molar-refractivity contribution is 6.32. The van der Waals surface area contributed by atoms with Crippen molar-refractivity contribution in [1.82, 2.24) is 19.2 Å². The van der Waals surface area contributed by atoms with Crippen LogP contribution < -0.4 is 15.0 Å². The number of nitrogens with zero attached hydrogens (tertiary/aromatic N) is 4. The molecule has 2 heterocycles. The lowest BCUT2D eigenvalue weighted by atomic mass is 10.2. The van der Waals surface area contributed by atoms with Crippen LogP contribution in [0.4, 0.5) is 0 Å². The van der Waals surface area contributed by atoms with Gasteiger partial charge in [0, 0.05) is 18.6 Å². The lowest BCUT2D eigenvalue weighted by Crippen LogP contribution is -2.22. The molecule has 0 fully saturated rings. The summed E-state index contributed by atoms with van der Waals surface area (Å²) in [4.78, 5) is 13.3. The van der Waals surface area contributed by atoms with E-state index in [4.69, 9.17) is 21.1 Å². The zero-order valence-electron chi connectivity index (χ0n) is 15.1. The molecule has 0 saturated carbocycles. The van der Waals surface area contributed by atoms with Crippen molar-refractivity contribution in [2.45, 2.75) is 13.3 Å². The van der Waals surface area contributed by atoms with Crippen molar-refractivity contribution in [2.24, 2.45) is 0 Å². The molecular formula is C19H17ClN4O3. The van der Waals surface area contributed by atoms with E-state index in [0.717, 1.165) is 11.3 Å². The fourth-order valence-electron chi connectivity index (χ4n) is 3.22. The average molecular weight is 385 g/mol. The van der Waals surface area contributed by atoms with Crippen LogP contribution in [0.2, 0.25) is 5.02 Å². The van der Waals surface area contributed by atoms with Crippen molar-refractivity contribution >= 4 is 28.3 Å². The Kier molecular flexibility index (Phi) is 4.24. The first kappa shape index (κ1) is 17.4. The van der Waals surface area contributed by atoms with E-state index >= 15 is 0 Å². The molecule has 4 rings (SSSR count). The zero-order valence-corrected chi connectivity index (χ0v) is 15.8. The van der Waals surface area contributed by atoms with E-state index in [1.54, 1.807) is 18.2 Å². The van der Waals surface area contributed by atoms with Gasteiger partial charge in [-0.05, 0) is 12.1 Å². The van der Waals surface area contributed by atoms with Crippen LogP contribution in [-0.2, 0) is 6.42 Å². The van der Waals surface area contributed by atoms with Gasteiger partial charge in [-0.3, -0.25) is 9.20 Å². The number of hydrogen-bond donors (Lipinski definition) is 0. The maximum absolute atomic E-state index is 13.3. The molecule has 0 aliphatic rings. The van der Waals surface area contributed by atoms with Gasteiger partial charge in [-0.15, -0.1) is 10.2 Å². The van der Waals surface area contributed by atoms with Crippen LogP contribution >= 0.6 is 11.6 Å². The molecule has 0 unspecified atom stereocenters. The summed E-state index contributed by atoms with van der Waals surface area (Å²) in [7, 11) is 3.04. The number of aromatic nitrogens is 4. The fourth-order valence-corrected chi connectivity index (χ4v) is 3.46. The van der Waals surface area contributed by atoms with Crippen LogP contribution in [-0.4, -0.2) is 33.4 Å². The van der Waals surface area contributed by atoms with Crippen molar-refractivity contribution in [3.8, 4) is 17.2 Å². The largest absolute Gasteiger partial charge is 0.495 e. The summed E-state index contributed by atoms with van der Waals surface area (Å²) in [6.07, 6.45) is 0.671. The Labute approximate surface area is 159 Å². The molecule has 0 N–H and O–H groups in total. The molecule has 4 aromatic rings. The molecule has 0 saturated heterocycles. The van der Waals surface area contributed by atoms with E-state index in [9.17, 15) is 4.79 Å². The molecular weight excluding hydrogens is 368 g/mol. The number of benzene rings is 2. The van der Waals surface area contributed by atoms with Gasteiger partial charge < -0.3 is 9.47 Å². The summed E-state index contributed by atoms with van der Waals surface area (Å²) in [6, 6.07) is 10.7. The number of ether oxygens (including phenoxy) is 2. The second-order valence-corrected chi connectivity index (χ2v) is 6.33. The quantitative estimate of drug-likeness (QED) is 0.540. The molecule has 0 spiro atoms. The number of fused-ring (bicyclic) bond motifs is 3. The minimum atomic E-state index is -0.226. The third kappa shape index (κ3) is 2.54. The van der Waals surface area contributed by atoms with Gasteiger partial charge in [0.1, 0.15) is 17.3 Å². The number of methoxy groups -OCH3 is 2. The Morgan fingerprint density at radius 3 is 2.52 bits per heavy atom. The molecule has 0 aliphatic carbocycles. The van der Waals surface area contributed by atoms with Crippen LogP contribution in [0.5, 0.6) is 11.5 Å². The van der Waals surface area contributed by atoms with Crippen LogP contribution in [0.25, 0.3) is 22.4 Å². The molecule has 0 radical (unpaired) electrons. The molecule has 0 amide bonds. The van der Waals surface area contributed by atoms with Crippen LogP contribution in [0, 0.1) is 0 Å². The molecule has 138 valence electrons. The number of aryl methyl sites for hydroxylation is 1. The zero-order chi connectivity index (χ0) is 19.1. The van der Waals surface area contributed by atoms with Crippen molar-refractivity contribution < 1.29 is 9.47 Å². The summed E-state index contributed by atoms with van der Waals surface area (Å²) in [6.45, 7) is 1.99. The maximum Gasteiger partial charge on any atom is 0.267 e.